The molecule has 1 fully saturated rings. The molecule has 2 nitrogen and oxygen atoms in total. The highest BCUT2D eigenvalue weighted by Crippen LogP contribution is 2.24. The van der Waals surface area contributed by atoms with Crippen molar-refractivity contribution < 1.29 is 4.74 Å². The molecule has 0 spiro atoms. The molecule has 0 aliphatic carbocycles. The van der Waals surface area contributed by atoms with Crippen molar-refractivity contribution >= 4 is 21.6 Å². The highest BCUT2D eigenvalue weighted by Gasteiger charge is 2.21. The van der Waals surface area contributed by atoms with Crippen molar-refractivity contribution in [2.45, 2.75) is 51.7 Å². The van der Waals surface area contributed by atoms with Crippen LogP contribution in [0.15, 0.2) is 22.7 Å². The Morgan fingerprint density at radius 2 is 2.28 bits per heavy atom. The van der Waals surface area contributed by atoms with Crippen LogP contribution in [-0.4, -0.2) is 18.8 Å². The Balaban J connectivity index is 1.93. The molecule has 1 aromatic carbocycles. The average Bonchev–Trinajstić information content (AvgIpc) is 2.35. The summed E-state index contributed by atoms with van der Waals surface area (Å²) in [6, 6.07) is 7.02. The summed E-state index contributed by atoms with van der Waals surface area (Å²) in [5.74, 6) is 0. The van der Waals surface area contributed by atoms with Crippen molar-refractivity contribution in [1.82, 2.24) is 0 Å². The van der Waals surface area contributed by atoms with Gasteiger partial charge < -0.3 is 10.1 Å². The summed E-state index contributed by atoms with van der Waals surface area (Å²) in [5, 5.41) is 3.63. The fourth-order valence-corrected chi connectivity index (χ4v) is 2.83. The van der Waals surface area contributed by atoms with E-state index in [0.29, 0.717) is 12.1 Å². The molecule has 1 N–H and O–H groups in total. The molecule has 2 rings (SSSR count). The molecule has 0 radical (unpaired) electrons. The smallest absolute Gasteiger partial charge is 0.0594 e. The molecule has 100 valence electrons. The van der Waals surface area contributed by atoms with Crippen LogP contribution in [-0.2, 0) is 4.74 Å². The van der Waals surface area contributed by atoms with E-state index in [2.05, 4.69) is 53.3 Å². The van der Waals surface area contributed by atoms with Gasteiger partial charge in [-0.15, -0.1) is 0 Å². The van der Waals surface area contributed by atoms with Gasteiger partial charge in [-0.1, -0.05) is 35.3 Å². The summed E-state index contributed by atoms with van der Waals surface area (Å²) in [7, 11) is 0. The van der Waals surface area contributed by atoms with Gasteiger partial charge in [-0.3, -0.25) is 0 Å². The molecule has 1 aliphatic rings. The first-order valence-electron chi connectivity index (χ1n) is 6.83. The SMILES string of the molecule is CCCC1CC(Nc2ccc(C)c(Br)c2)CCO1. The lowest BCUT2D eigenvalue weighted by atomic mass is 10.00. The Bertz CT molecular complexity index is 392. The molecule has 2 atom stereocenters. The second-order valence-corrected chi connectivity index (χ2v) is 5.97. The number of aryl methyl sites for hydroxylation is 1. The molecule has 0 amide bonds. The zero-order valence-electron chi connectivity index (χ0n) is 11.2. The Kier molecular flexibility index (Phi) is 5.07. The number of hydrogen-bond acceptors (Lipinski definition) is 2. The van der Waals surface area contributed by atoms with E-state index in [1.165, 1.54) is 28.6 Å². The number of anilines is 1. The van der Waals surface area contributed by atoms with Gasteiger partial charge in [0.25, 0.3) is 0 Å². The van der Waals surface area contributed by atoms with E-state index in [1.807, 2.05) is 0 Å². The Morgan fingerprint density at radius 3 is 3.00 bits per heavy atom. The quantitative estimate of drug-likeness (QED) is 0.883. The number of halogens is 1. The van der Waals surface area contributed by atoms with Crippen molar-refractivity contribution in [3.05, 3.63) is 28.2 Å². The number of rotatable bonds is 4. The fraction of sp³-hybridized carbons (Fsp3) is 0.600. The van der Waals surface area contributed by atoms with Crippen LogP contribution in [0.1, 0.15) is 38.2 Å². The van der Waals surface area contributed by atoms with Gasteiger partial charge in [-0.25, -0.2) is 0 Å². The summed E-state index contributed by atoms with van der Waals surface area (Å²) < 4.78 is 6.95. The summed E-state index contributed by atoms with van der Waals surface area (Å²) in [6.07, 6.45) is 5.05. The maximum Gasteiger partial charge on any atom is 0.0594 e. The summed E-state index contributed by atoms with van der Waals surface area (Å²) in [6.45, 7) is 5.21. The molecule has 1 aliphatic heterocycles. The van der Waals surface area contributed by atoms with E-state index in [4.69, 9.17) is 4.74 Å². The average molecular weight is 312 g/mol. The van der Waals surface area contributed by atoms with Crippen LogP contribution in [0, 0.1) is 6.92 Å². The van der Waals surface area contributed by atoms with Gasteiger partial charge in [0.05, 0.1) is 6.10 Å². The first kappa shape index (κ1) is 13.9. The van der Waals surface area contributed by atoms with Gasteiger partial charge in [-0.05, 0) is 43.9 Å². The van der Waals surface area contributed by atoms with Gasteiger partial charge in [0.1, 0.15) is 0 Å². The molecular weight excluding hydrogens is 290 g/mol. The maximum atomic E-state index is 5.78. The minimum atomic E-state index is 0.440. The van der Waals surface area contributed by atoms with Gasteiger partial charge in [-0.2, -0.15) is 0 Å². The monoisotopic (exact) mass is 311 g/mol. The molecule has 0 aromatic heterocycles. The third-order valence-corrected chi connectivity index (χ3v) is 4.37. The first-order valence-corrected chi connectivity index (χ1v) is 7.62. The number of nitrogens with one attached hydrogen (secondary N) is 1. The molecule has 3 heteroatoms. The largest absolute Gasteiger partial charge is 0.382 e. The Morgan fingerprint density at radius 1 is 1.44 bits per heavy atom. The van der Waals surface area contributed by atoms with E-state index in [-0.39, 0.29) is 0 Å². The second kappa shape index (κ2) is 6.58. The van der Waals surface area contributed by atoms with Crippen LogP contribution < -0.4 is 5.32 Å². The first-order chi connectivity index (χ1) is 8.69. The minimum Gasteiger partial charge on any atom is -0.382 e. The van der Waals surface area contributed by atoms with Crippen molar-refractivity contribution in [1.29, 1.82) is 0 Å². The third kappa shape index (κ3) is 3.72. The molecule has 2 unspecified atom stereocenters. The lowest BCUT2D eigenvalue weighted by Gasteiger charge is -2.30. The van der Waals surface area contributed by atoms with Gasteiger partial charge in [0.15, 0.2) is 0 Å². The number of hydrogen-bond donors (Lipinski definition) is 1. The normalized spacial score (nSPS) is 23.9. The molecule has 18 heavy (non-hydrogen) atoms. The van der Waals surface area contributed by atoms with E-state index >= 15 is 0 Å². The highest BCUT2D eigenvalue weighted by atomic mass is 79.9. The van der Waals surface area contributed by atoms with Crippen molar-refractivity contribution in [2.24, 2.45) is 0 Å². The van der Waals surface area contributed by atoms with Crippen LogP contribution in [0.25, 0.3) is 0 Å². The topological polar surface area (TPSA) is 21.3 Å². The predicted octanol–water partition coefficient (Wildman–Crippen LogP) is 4.52. The molecule has 0 bridgehead atoms. The highest BCUT2D eigenvalue weighted by molar-refractivity contribution is 9.10. The van der Waals surface area contributed by atoms with Crippen LogP contribution in [0.4, 0.5) is 5.69 Å². The van der Waals surface area contributed by atoms with Gasteiger partial charge >= 0.3 is 0 Å². The van der Waals surface area contributed by atoms with Crippen LogP contribution in [0.3, 0.4) is 0 Å². The third-order valence-electron chi connectivity index (χ3n) is 3.52. The van der Waals surface area contributed by atoms with Gasteiger partial charge in [0, 0.05) is 22.8 Å². The van der Waals surface area contributed by atoms with Crippen LogP contribution in [0.2, 0.25) is 0 Å². The molecular formula is C15H22BrNO. The number of benzene rings is 1. The lowest BCUT2D eigenvalue weighted by molar-refractivity contribution is 0.00598. The lowest BCUT2D eigenvalue weighted by Crippen LogP contribution is -2.33. The summed E-state index contributed by atoms with van der Waals surface area (Å²) >= 11 is 3.58. The van der Waals surface area contributed by atoms with Crippen molar-refractivity contribution in [3.8, 4) is 0 Å². The standard InChI is InChI=1S/C15H22BrNO/c1-3-4-14-9-13(7-8-18-14)17-12-6-5-11(2)15(16)10-12/h5-6,10,13-14,17H,3-4,7-9H2,1-2H3. The van der Waals surface area contributed by atoms with E-state index in [9.17, 15) is 0 Å². The molecule has 1 saturated heterocycles. The zero-order chi connectivity index (χ0) is 13.0. The van der Waals surface area contributed by atoms with E-state index < -0.39 is 0 Å². The fourth-order valence-electron chi connectivity index (χ4n) is 2.45. The van der Waals surface area contributed by atoms with Crippen molar-refractivity contribution in [2.75, 3.05) is 11.9 Å². The second-order valence-electron chi connectivity index (χ2n) is 5.11. The molecule has 1 heterocycles. The van der Waals surface area contributed by atoms with Crippen molar-refractivity contribution in [3.63, 3.8) is 0 Å². The Hall–Kier alpha value is -0.540. The predicted molar refractivity (Wildman–Crippen MR) is 80.2 cm³/mol. The zero-order valence-corrected chi connectivity index (χ0v) is 12.8. The van der Waals surface area contributed by atoms with Crippen LogP contribution >= 0.6 is 15.9 Å². The van der Waals surface area contributed by atoms with E-state index in [1.54, 1.807) is 0 Å². The van der Waals surface area contributed by atoms with Crippen LogP contribution in [0.5, 0.6) is 0 Å². The summed E-state index contributed by atoms with van der Waals surface area (Å²) in [5.41, 5.74) is 2.48. The maximum absolute atomic E-state index is 5.78. The van der Waals surface area contributed by atoms with Gasteiger partial charge in [0.2, 0.25) is 0 Å². The molecule has 0 saturated carbocycles. The minimum absolute atomic E-state index is 0.440. The molecule has 1 aromatic rings. The summed E-state index contributed by atoms with van der Waals surface area (Å²) in [4.78, 5) is 0. The Labute approximate surface area is 118 Å². The number of ether oxygens (including phenoxy) is 1. The van der Waals surface area contributed by atoms with E-state index in [0.717, 1.165) is 19.4 Å².